The van der Waals surface area contributed by atoms with Crippen molar-refractivity contribution in [3.8, 4) is 0 Å². The van der Waals surface area contributed by atoms with E-state index >= 15 is 0 Å². The number of halogens is 6. The number of alkyl halides is 6. The van der Waals surface area contributed by atoms with Crippen LogP contribution >= 0.6 is 0 Å². The van der Waals surface area contributed by atoms with E-state index in [0.29, 0.717) is 0 Å². The topological polar surface area (TPSA) is 30.2 Å². The van der Waals surface area contributed by atoms with E-state index in [-0.39, 0.29) is 27.3 Å². The van der Waals surface area contributed by atoms with Crippen LogP contribution in [0.25, 0.3) is 32.7 Å². The van der Waals surface area contributed by atoms with Crippen molar-refractivity contribution in [2.75, 3.05) is 0 Å². The molecular weight excluding hydrogens is 374 g/mol. The second kappa shape index (κ2) is 5.48. The van der Waals surface area contributed by atoms with E-state index in [1.54, 1.807) is 0 Å². The van der Waals surface area contributed by atoms with Gasteiger partial charge < -0.3 is 4.42 Å². The fourth-order valence-electron chi connectivity index (χ4n) is 3.13. The molecule has 0 aliphatic carbocycles. The Labute approximate surface area is 146 Å². The standard InChI is InChI=1S/C19H8F6O2/c20-18(21,22)10-6-4-9-5-7-14-15(11(9)8-10)17(26)16-12(19(23,24)25)2-1-3-13(16)27-14/h1-8H. The molecule has 0 unspecified atom stereocenters. The van der Waals surface area contributed by atoms with Crippen molar-refractivity contribution in [1.82, 2.24) is 0 Å². The maximum Gasteiger partial charge on any atom is 0.417 e. The highest BCUT2D eigenvalue weighted by Crippen LogP contribution is 2.37. The molecule has 0 bridgehead atoms. The van der Waals surface area contributed by atoms with Crippen molar-refractivity contribution in [3.63, 3.8) is 0 Å². The predicted molar refractivity (Wildman–Crippen MR) is 87.5 cm³/mol. The van der Waals surface area contributed by atoms with Crippen molar-refractivity contribution < 1.29 is 30.8 Å². The van der Waals surface area contributed by atoms with Crippen molar-refractivity contribution in [1.29, 1.82) is 0 Å². The first-order valence-corrected chi connectivity index (χ1v) is 7.64. The minimum absolute atomic E-state index is 0.0846. The predicted octanol–water partition coefficient (Wildman–Crippen LogP) is 6.14. The number of benzene rings is 3. The number of fused-ring (bicyclic) bond motifs is 4. The minimum Gasteiger partial charge on any atom is -0.456 e. The molecular formula is C19H8F6O2. The van der Waals surface area contributed by atoms with Gasteiger partial charge in [0.1, 0.15) is 11.2 Å². The van der Waals surface area contributed by atoms with Gasteiger partial charge in [-0.2, -0.15) is 26.3 Å². The lowest BCUT2D eigenvalue weighted by atomic mass is 10.00. The summed E-state index contributed by atoms with van der Waals surface area (Å²) in [6.45, 7) is 0. The van der Waals surface area contributed by atoms with Gasteiger partial charge in [-0.05, 0) is 41.1 Å². The summed E-state index contributed by atoms with van der Waals surface area (Å²) in [7, 11) is 0. The number of rotatable bonds is 0. The van der Waals surface area contributed by atoms with Crippen molar-refractivity contribution in [3.05, 3.63) is 69.9 Å². The summed E-state index contributed by atoms with van der Waals surface area (Å²) in [6.07, 6.45) is -9.48. The van der Waals surface area contributed by atoms with Crippen LogP contribution in [0.5, 0.6) is 0 Å². The Balaban J connectivity index is 2.23. The molecule has 1 heterocycles. The Morgan fingerprint density at radius 3 is 2.07 bits per heavy atom. The Morgan fingerprint density at radius 1 is 0.741 bits per heavy atom. The van der Waals surface area contributed by atoms with Crippen LogP contribution in [0.1, 0.15) is 11.1 Å². The average molecular weight is 382 g/mol. The van der Waals surface area contributed by atoms with Gasteiger partial charge in [-0.1, -0.05) is 18.2 Å². The van der Waals surface area contributed by atoms with Crippen LogP contribution in [0, 0.1) is 0 Å². The van der Waals surface area contributed by atoms with Gasteiger partial charge in [-0.15, -0.1) is 0 Å². The maximum absolute atomic E-state index is 13.3. The van der Waals surface area contributed by atoms with E-state index in [2.05, 4.69) is 0 Å². The third-order valence-electron chi connectivity index (χ3n) is 4.32. The van der Waals surface area contributed by atoms with E-state index in [9.17, 15) is 31.1 Å². The molecule has 27 heavy (non-hydrogen) atoms. The van der Waals surface area contributed by atoms with Crippen LogP contribution in [0.3, 0.4) is 0 Å². The summed E-state index contributed by atoms with van der Waals surface area (Å²) in [5, 5.41) is -0.855. The SMILES string of the molecule is O=c1c2c(C(F)(F)F)cccc2oc2ccc3ccc(C(F)(F)F)cc3c12. The minimum atomic E-state index is -4.82. The molecule has 4 aromatic rings. The van der Waals surface area contributed by atoms with Gasteiger partial charge >= 0.3 is 12.4 Å². The number of hydrogen-bond acceptors (Lipinski definition) is 2. The average Bonchev–Trinajstić information content (AvgIpc) is 2.58. The highest BCUT2D eigenvalue weighted by Gasteiger charge is 2.35. The smallest absolute Gasteiger partial charge is 0.417 e. The molecule has 0 aliphatic rings. The molecule has 0 aliphatic heterocycles. The molecule has 138 valence electrons. The lowest BCUT2D eigenvalue weighted by molar-refractivity contribution is -0.137. The lowest BCUT2D eigenvalue weighted by Crippen LogP contribution is -2.13. The third-order valence-corrected chi connectivity index (χ3v) is 4.32. The zero-order chi connectivity index (χ0) is 19.6. The fraction of sp³-hybridized carbons (Fsp3) is 0.105. The normalized spacial score (nSPS) is 13.0. The molecule has 3 aromatic carbocycles. The monoisotopic (exact) mass is 382 g/mol. The molecule has 2 nitrogen and oxygen atoms in total. The third kappa shape index (κ3) is 2.72. The van der Waals surface area contributed by atoms with Crippen LogP contribution in [-0.2, 0) is 12.4 Å². The van der Waals surface area contributed by atoms with Gasteiger partial charge in [0, 0.05) is 0 Å². The Morgan fingerprint density at radius 2 is 1.41 bits per heavy atom. The van der Waals surface area contributed by atoms with Gasteiger partial charge in [-0.25, -0.2) is 0 Å². The van der Waals surface area contributed by atoms with Crippen LogP contribution in [-0.4, -0.2) is 0 Å². The van der Waals surface area contributed by atoms with Crippen molar-refractivity contribution >= 4 is 32.7 Å². The summed E-state index contributed by atoms with van der Waals surface area (Å²) in [5.74, 6) is 0. The van der Waals surface area contributed by atoms with E-state index < -0.39 is 34.3 Å². The fourth-order valence-corrected chi connectivity index (χ4v) is 3.13. The van der Waals surface area contributed by atoms with E-state index in [4.69, 9.17) is 4.42 Å². The van der Waals surface area contributed by atoms with Crippen LogP contribution in [0.4, 0.5) is 26.3 Å². The summed E-state index contributed by atoms with van der Waals surface area (Å²) >= 11 is 0. The quantitative estimate of drug-likeness (QED) is 0.208. The molecule has 0 atom stereocenters. The first-order valence-electron chi connectivity index (χ1n) is 7.64. The van der Waals surface area contributed by atoms with Crippen LogP contribution in [0.2, 0.25) is 0 Å². The Hall–Kier alpha value is -3.03. The molecule has 0 fully saturated rings. The molecule has 0 radical (unpaired) electrons. The van der Waals surface area contributed by atoms with Gasteiger partial charge in [0.05, 0.1) is 21.9 Å². The molecule has 4 rings (SSSR count). The van der Waals surface area contributed by atoms with Crippen molar-refractivity contribution in [2.45, 2.75) is 12.4 Å². The zero-order valence-electron chi connectivity index (χ0n) is 13.2. The maximum atomic E-state index is 13.3. The lowest BCUT2D eigenvalue weighted by Gasteiger charge is -2.12. The second-order valence-corrected chi connectivity index (χ2v) is 5.98. The van der Waals surface area contributed by atoms with Gasteiger partial charge in [0.25, 0.3) is 0 Å². The van der Waals surface area contributed by atoms with Crippen LogP contribution < -0.4 is 5.43 Å². The first kappa shape index (κ1) is 17.4. The Bertz CT molecular complexity index is 1270. The molecule has 0 N–H and O–H groups in total. The second-order valence-electron chi connectivity index (χ2n) is 5.98. The molecule has 1 aromatic heterocycles. The summed E-state index contributed by atoms with van der Waals surface area (Å²) in [5.41, 5.74) is -3.60. The van der Waals surface area contributed by atoms with E-state index in [1.807, 2.05) is 0 Å². The molecule has 0 saturated heterocycles. The molecule has 8 heteroatoms. The summed E-state index contributed by atoms with van der Waals surface area (Å²) in [6, 6.07) is 8.60. The van der Waals surface area contributed by atoms with Crippen molar-refractivity contribution in [2.24, 2.45) is 0 Å². The molecule has 0 saturated carbocycles. The Kier molecular flexibility index (Phi) is 3.53. The van der Waals surface area contributed by atoms with Gasteiger partial charge in [-0.3, -0.25) is 4.79 Å². The molecule has 0 spiro atoms. The van der Waals surface area contributed by atoms with Crippen LogP contribution in [0.15, 0.2) is 57.7 Å². The first-order chi connectivity index (χ1) is 12.6. The van der Waals surface area contributed by atoms with Gasteiger partial charge in [0.2, 0.25) is 5.43 Å². The largest absolute Gasteiger partial charge is 0.456 e. The summed E-state index contributed by atoms with van der Waals surface area (Å²) < 4.78 is 84.4. The summed E-state index contributed by atoms with van der Waals surface area (Å²) in [4.78, 5) is 12.9. The van der Waals surface area contributed by atoms with E-state index in [0.717, 1.165) is 30.3 Å². The number of hydrogen-bond donors (Lipinski definition) is 0. The van der Waals surface area contributed by atoms with E-state index in [1.165, 1.54) is 18.2 Å². The highest BCUT2D eigenvalue weighted by molar-refractivity contribution is 6.08. The molecule has 0 amide bonds. The van der Waals surface area contributed by atoms with Gasteiger partial charge in [0.15, 0.2) is 0 Å². The highest BCUT2D eigenvalue weighted by atomic mass is 19.4. The zero-order valence-corrected chi connectivity index (χ0v) is 13.2.